The summed E-state index contributed by atoms with van der Waals surface area (Å²) in [6.45, 7) is 0. The van der Waals surface area contributed by atoms with Crippen LogP contribution in [0.3, 0.4) is 0 Å². The molecule has 2 aromatic carbocycles. The SMILES string of the molecule is O=C1NC(=O)C2(C(=O)N1)[C@@H](c1cccc([N+](=O)[O-])c1)NC(=S)N[C@@H]2c1cccc([N+](=O)[O-])c1. The van der Waals surface area contributed by atoms with Gasteiger partial charge in [0.25, 0.3) is 11.4 Å². The van der Waals surface area contributed by atoms with E-state index in [9.17, 15) is 34.6 Å². The number of benzene rings is 2. The second-order valence-electron chi connectivity index (χ2n) is 7.29. The fourth-order valence-electron chi connectivity index (χ4n) is 4.10. The van der Waals surface area contributed by atoms with Crippen molar-refractivity contribution >= 4 is 46.6 Å². The topological polar surface area (TPSA) is 186 Å². The number of hydrogen-bond acceptors (Lipinski definition) is 8. The third-order valence-corrected chi connectivity index (χ3v) is 5.73. The van der Waals surface area contributed by atoms with Gasteiger partial charge in [-0.3, -0.25) is 40.5 Å². The molecule has 4 amide bonds. The Morgan fingerprint density at radius 2 is 1.21 bits per heavy atom. The molecule has 13 nitrogen and oxygen atoms in total. The molecule has 4 N–H and O–H groups in total. The number of thiocarbonyl (C=S) groups is 1. The van der Waals surface area contributed by atoms with Gasteiger partial charge >= 0.3 is 6.03 Å². The van der Waals surface area contributed by atoms with Crippen molar-refractivity contribution in [1.29, 1.82) is 0 Å². The minimum absolute atomic E-state index is 0.00821. The van der Waals surface area contributed by atoms with E-state index in [4.69, 9.17) is 12.2 Å². The minimum Gasteiger partial charge on any atom is -0.354 e. The van der Waals surface area contributed by atoms with Crippen LogP contribution >= 0.6 is 12.2 Å². The van der Waals surface area contributed by atoms with Gasteiger partial charge in [-0.1, -0.05) is 24.3 Å². The molecule has 0 saturated carbocycles. The number of urea groups is 1. The fourth-order valence-corrected chi connectivity index (χ4v) is 4.33. The molecule has 2 fully saturated rings. The minimum atomic E-state index is -2.14. The molecule has 14 heteroatoms. The van der Waals surface area contributed by atoms with E-state index in [1.807, 2.05) is 0 Å². The molecular formula is C19H14N6O7S. The second kappa shape index (κ2) is 7.90. The molecule has 2 aliphatic rings. The van der Waals surface area contributed by atoms with Gasteiger partial charge in [0.05, 0.1) is 21.9 Å². The fraction of sp³-hybridized carbons (Fsp3) is 0.158. The number of rotatable bonds is 4. The molecule has 168 valence electrons. The van der Waals surface area contributed by atoms with Crippen molar-refractivity contribution in [3.05, 3.63) is 79.9 Å². The highest BCUT2D eigenvalue weighted by Crippen LogP contribution is 2.49. The highest BCUT2D eigenvalue weighted by Gasteiger charge is 2.64. The summed E-state index contributed by atoms with van der Waals surface area (Å²) in [6, 6.07) is 6.93. The van der Waals surface area contributed by atoms with Gasteiger partial charge in [0, 0.05) is 24.3 Å². The van der Waals surface area contributed by atoms with Crippen molar-refractivity contribution in [3.63, 3.8) is 0 Å². The summed E-state index contributed by atoms with van der Waals surface area (Å²) in [6.07, 6.45) is 0. The van der Waals surface area contributed by atoms with E-state index in [0.29, 0.717) is 0 Å². The van der Waals surface area contributed by atoms with Crippen molar-refractivity contribution in [1.82, 2.24) is 21.3 Å². The summed E-state index contributed by atoms with van der Waals surface area (Å²) in [4.78, 5) is 59.8. The number of nitro groups is 2. The number of carbonyl (C=O) groups excluding carboxylic acids is 3. The second-order valence-corrected chi connectivity index (χ2v) is 7.70. The number of carbonyl (C=O) groups is 3. The molecule has 33 heavy (non-hydrogen) atoms. The molecule has 2 aromatic rings. The maximum absolute atomic E-state index is 13.3. The number of barbiturate groups is 1. The van der Waals surface area contributed by atoms with Gasteiger partial charge in [0.1, 0.15) is 0 Å². The van der Waals surface area contributed by atoms with Crippen LogP contribution in [0.2, 0.25) is 0 Å². The summed E-state index contributed by atoms with van der Waals surface area (Å²) in [5.74, 6) is -2.02. The van der Waals surface area contributed by atoms with Crippen molar-refractivity contribution in [2.24, 2.45) is 5.41 Å². The molecular weight excluding hydrogens is 456 g/mol. The van der Waals surface area contributed by atoms with Gasteiger partial charge < -0.3 is 10.6 Å². The van der Waals surface area contributed by atoms with Crippen LogP contribution in [0.5, 0.6) is 0 Å². The number of amides is 4. The van der Waals surface area contributed by atoms with Crippen LogP contribution in [0.25, 0.3) is 0 Å². The first-order valence-electron chi connectivity index (χ1n) is 9.37. The Balaban J connectivity index is 1.96. The highest BCUT2D eigenvalue weighted by atomic mass is 32.1. The number of imide groups is 2. The lowest BCUT2D eigenvalue weighted by Crippen LogP contribution is -2.73. The van der Waals surface area contributed by atoms with Crippen LogP contribution in [-0.2, 0) is 9.59 Å². The molecule has 0 aliphatic carbocycles. The molecule has 0 bridgehead atoms. The van der Waals surface area contributed by atoms with Crippen molar-refractivity contribution < 1.29 is 24.2 Å². The Hall–Kier alpha value is -4.46. The summed E-state index contributed by atoms with van der Waals surface area (Å²) in [5.41, 5.74) is -2.39. The average Bonchev–Trinajstić information content (AvgIpc) is 2.77. The van der Waals surface area contributed by atoms with E-state index in [-0.39, 0.29) is 27.6 Å². The van der Waals surface area contributed by atoms with Crippen LogP contribution in [-0.4, -0.2) is 32.8 Å². The highest BCUT2D eigenvalue weighted by molar-refractivity contribution is 7.80. The van der Waals surface area contributed by atoms with E-state index in [1.54, 1.807) is 0 Å². The average molecular weight is 470 g/mol. The zero-order chi connectivity index (χ0) is 23.9. The lowest BCUT2D eigenvalue weighted by molar-refractivity contribution is -0.385. The first-order chi connectivity index (χ1) is 15.6. The molecule has 2 atom stereocenters. The van der Waals surface area contributed by atoms with Crippen LogP contribution in [0.1, 0.15) is 23.2 Å². The normalized spacial score (nSPS) is 21.5. The lowest BCUT2D eigenvalue weighted by atomic mass is 9.65. The summed E-state index contributed by atoms with van der Waals surface area (Å²) in [7, 11) is 0. The Kier molecular flexibility index (Phi) is 5.21. The van der Waals surface area contributed by atoms with Crippen molar-refractivity contribution in [2.75, 3.05) is 0 Å². The number of nitrogens with one attached hydrogen (secondary N) is 4. The first-order valence-corrected chi connectivity index (χ1v) is 9.78. The Bertz CT molecular complexity index is 1160. The van der Waals surface area contributed by atoms with Crippen LogP contribution in [0.4, 0.5) is 16.2 Å². The lowest BCUT2D eigenvalue weighted by Gasteiger charge is -2.49. The quantitative estimate of drug-likeness (QED) is 0.218. The van der Waals surface area contributed by atoms with Crippen molar-refractivity contribution in [3.8, 4) is 0 Å². The van der Waals surface area contributed by atoms with Crippen molar-refractivity contribution in [2.45, 2.75) is 12.1 Å². The molecule has 2 aliphatic heterocycles. The monoisotopic (exact) mass is 470 g/mol. The Morgan fingerprint density at radius 3 is 1.61 bits per heavy atom. The molecule has 2 heterocycles. The van der Waals surface area contributed by atoms with Crippen LogP contribution in [0, 0.1) is 25.6 Å². The maximum Gasteiger partial charge on any atom is 0.328 e. The molecule has 1 spiro atoms. The van der Waals surface area contributed by atoms with E-state index in [2.05, 4.69) is 21.3 Å². The maximum atomic E-state index is 13.3. The summed E-state index contributed by atoms with van der Waals surface area (Å²) < 4.78 is 0. The van der Waals surface area contributed by atoms with E-state index < -0.39 is 45.2 Å². The van der Waals surface area contributed by atoms with Gasteiger partial charge in [0.15, 0.2) is 10.5 Å². The van der Waals surface area contributed by atoms with Crippen LogP contribution in [0.15, 0.2) is 48.5 Å². The van der Waals surface area contributed by atoms with E-state index in [0.717, 1.165) is 0 Å². The number of nitrogens with zero attached hydrogens (tertiary/aromatic N) is 2. The largest absolute Gasteiger partial charge is 0.354 e. The molecule has 0 aromatic heterocycles. The Morgan fingerprint density at radius 1 is 0.788 bits per heavy atom. The van der Waals surface area contributed by atoms with Gasteiger partial charge in [-0.25, -0.2) is 4.79 Å². The zero-order valence-corrected chi connectivity index (χ0v) is 17.3. The summed E-state index contributed by atoms with van der Waals surface area (Å²) >= 11 is 5.26. The van der Waals surface area contributed by atoms with E-state index in [1.165, 1.54) is 48.5 Å². The smallest absolute Gasteiger partial charge is 0.328 e. The van der Waals surface area contributed by atoms with Gasteiger partial charge in [-0.2, -0.15) is 0 Å². The number of nitro benzene ring substituents is 2. The molecule has 2 saturated heterocycles. The summed E-state index contributed by atoms with van der Waals surface area (Å²) in [5, 5.41) is 32.3. The van der Waals surface area contributed by atoms with Crippen LogP contribution < -0.4 is 21.3 Å². The van der Waals surface area contributed by atoms with E-state index >= 15 is 0 Å². The molecule has 4 rings (SSSR count). The zero-order valence-electron chi connectivity index (χ0n) is 16.4. The first kappa shape index (κ1) is 21.8. The van der Waals surface area contributed by atoms with Gasteiger partial charge in [-0.05, 0) is 23.3 Å². The number of non-ortho nitro benzene ring substituents is 2. The van der Waals surface area contributed by atoms with Gasteiger partial charge in [-0.15, -0.1) is 0 Å². The molecule has 0 unspecified atom stereocenters. The third-order valence-electron chi connectivity index (χ3n) is 5.50. The Labute approximate surface area is 189 Å². The predicted molar refractivity (Wildman–Crippen MR) is 115 cm³/mol. The molecule has 0 radical (unpaired) electrons. The predicted octanol–water partition coefficient (Wildman–Crippen LogP) is 1.12. The third kappa shape index (κ3) is 3.51. The van der Waals surface area contributed by atoms with Gasteiger partial charge in [0.2, 0.25) is 11.8 Å². The standard InChI is InChI=1S/C19H14N6O7S/c26-15-19(16(27)23-17(28)22-15)13(9-3-1-5-11(7-9)24(29)30)20-18(33)21-14(19)10-4-2-6-12(8-10)25(31)32/h1-8,13-14H,(H2,20,21,33)(H2,22,23,26,27,28)/t13-,14-/m1/s1. The number of hydrogen-bond donors (Lipinski definition) is 4.